The summed E-state index contributed by atoms with van der Waals surface area (Å²) in [6, 6.07) is 2.13. The maximum atomic E-state index is 4.72. The van der Waals surface area contributed by atoms with Gasteiger partial charge in [-0.3, -0.25) is 9.36 Å². The van der Waals surface area contributed by atoms with Crippen LogP contribution in [0.2, 0.25) is 0 Å². The highest BCUT2D eigenvalue weighted by Gasteiger charge is 2.13. The fraction of sp³-hybridized carbons (Fsp3) is 0.438. The molecule has 0 atom stereocenters. The molecule has 0 aromatic carbocycles. The second-order valence-electron chi connectivity index (χ2n) is 5.41. The van der Waals surface area contributed by atoms with E-state index in [9.17, 15) is 0 Å². The lowest BCUT2D eigenvalue weighted by Gasteiger charge is -2.04. The monoisotopic (exact) mass is 283 g/mol. The molecule has 0 spiro atoms. The zero-order chi connectivity index (χ0) is 15.0. The smallest absolute Gasteiger partial charge is 0.181 e. The zero-order valence-corrected chi connectivity index (χ0v) is 13.1. The van der Waals surface area contributed by atoms with Gasteiger partial charge < -0.3 is 0 Å². The van der Waals surface area contributed by atoms with Crippen LogP contribution in [0.1, 0.15) is 31.5 Å². The van der Waals surface area contributed by atoms with Gasteiger partial charge in [0, 0.05) is 35.9 Å². The molecule has 110 valence electrons. The zero-order valence-electron chi connectivity index (χ0n) is 13.1. The van der Waals surface area contributed by atoms with E-state index in [-0.39, 0.29) is 0 Å². The molecule has 0 aliphatic carbocycles. The molecule has 0 fully saturated rings. The third-order valence-corrected chi connectivity index (χ3v) is 3.89. The van der Waals surface area contributed by atoms with E-state index in [1.165, 1.54) is 5.56 Å². The molecule has 3 aromatic rings. The summed E-state index contributed by atoms with van der Waals surface area (Å²) in [4.78, 5) is 4.72. The minimum absolute atomic E-state index is 0.814. The number of hydrogen-bond donors (Lipinski definition) is 0. The molecule has 5 heteroatoms. The normalized spacial score (nSPS) is 11.4. The van der Waals surface area contributed by atoms with Gasteiger partial charge in [-0.15, -0.1) is 0 Å². The average molecular weight is 283 g/mol. The summed E-state index contributed by atoms with van der Waals surface area (Å²) in [6.07, 6.45) is 5.05. The lowest BCUT2D eigenvalue weighted by atomic mass is 10.1. The van der Waals surface area contributed by atoms with E-state index < -0.39 is 0 Å². The Morgan fingerprint density at radius 2 is 2.00 bits per heavy atom. The van der Waals surface area contributed by atoms with Crippen LogP contribution in [0.5, 0.6) is 0 Å². The van der Waals surface area contributed by atoms with Crippen molar-refractivity contribution in [2.45, 2.75) is 47.2 Å². The molecule has 0 aliphatic rings. The highest BCUT2D eigenvalue weighted by atomic mass is 15.3. The first-order valence-electron chi connectivity index (χ1n) is 7.51. The van der Waals surface area contributed by atoms with Crippen molar-refractivity contribution in [2.24, 2.45) is 0 Å². The van der Waals surface area contributed by atoms with Gasteiger partial charge in [0.1, 0.15) is 0 Å². The van der Waals surface area contributed by atoms with Crippen LogP contribution in [-0.4, -0.2) is 24.5 Å². The molecule has 0 saturated carbocycles. The second kappa shape index (κ2) is 5.31. The van der Waals surface area contributed by atoms with Crippen molar-refractivity contribution in [1.29, 1.82) is 0 Å². The van der Waals surface area contributed by atoms with Gasteiger partial charge in [0.15, 0.2) is 5.65 Å². The van der Waals surface area contributed by atoms with E-state index in [0.717, 1.165) is 47.5 Å². The van der Waals surface area contributed by atoms with Crippen LogP contribution in [0.15, 0.2) is 18.5 Å². The number of rotatable bonds is 4. The molecule has 0 unspecified atom stereocenters. The van der Waals surface area contributed by atoms with Crippen LogP contribution in [0, 0.1) is 13.8 Å². The standard InChI is InChI=1S/C16H21N5/c1-5-7-21-12(4)13(9-17-21)15-8-11(3)14-10-20(6-2)19-16(14)18-15/h8-10H,5-7H2,1-4H3. The Kier molecular flexibility index (Phi) is 3.49. The Morgan fingerprint density at radius 3 is 2.71 bits per heavy atom. The van der Waals surface area contributed by atoms with Gasteiger partial charge in [-0.05, 0) is 38.8 Å². The summed E-state index contributed by atoms with van der Waals surface area (Å²) in [7, 11) is 0. The van der Waals surface area contributed by atoms with Gasteiger partial charge in [-0.2, -0.15) is 10.2 Å². The molecule has 5 nitrogen and oxygen atoms in total. The molecule has 3 rings (SSSR count). The molecule has 0 radical (unpaired) electrons. The summed E-state index contributed by atoms with van der Waals surface area (Å²) >= 11 is 0. The lowest BCUT2D eigenvalue weighted by Crippen LogP contribution is -2.01. The molecular formula is C16H21N5. The van der Waals surface area contributed by atoms with E-state index in [2.05, 4.69) is 50.2 Å². The minimum Gasteiger partial charge on any atom is -0.270 e. The minimum atomic E-state index is 0.814. The summed E-state index contributed by atoms with van der Waals surface area (Å²) < 4.78 is 3.98. The van der Waals surface area contributed by atoms with E-state index >= 15 is 0 Å². The van der Waals surface area contributed by atoms with Gasteiger partial charge in [0.2, 0.25) is 0 Å². The SMILES string of the molecule is CCCn1ncc(-c2cc(C)c3cn(CC)nc3n2)c1C. The predicted molar refractivity (Wildman–Crippen MR) is 84.2 cm³/mol. The Labute approximate surface area is 124 Å². The van der Waals surface area contributed by atoms with E-state index in [0.29, 0.717) is 0 Å². The van der Waals surface area contributed by atoms with Crippen LogP contribution in [-0.2, 0) is 13.1 Å². The molecule has 0 saturated heterocycles. The Morgan fingerprint density at radius 1 is 1.19 bits per heavy atom. The van der Waals surface area contributed by atoms with Crippen molar-refractivity contribution in [1.82, 2.24) is 24.5 Å². The van der Waals surface area contributed by atoms with Gasteiger partial charge in [0.25, 0.3) is 0 Å². The van der Waals surface area contributed by atoms with Gasteiger partial charge in [-0.1, -0.05) is 6.92 Å². The van der Waals surface area contributed by atoms with Crippen LogP contribution in [0.3, 0.4) is 0 Å². The number of nitrogens with zero attached hydrogens (tertiary/aromatic N) is 5. The van der Waals surface area contributed by atoms with Crippen LogP contribution < -0.4 is 0 Å². The largest absolute Gasteiger partial charge is 0.270 e. The van der Waals surface area contributed by atoms with Crippen LogP contribution in [0.25, 0.3) is 22.3 Å². The summed E-state index contributed by atoms with van der Waals surface area (Å²) in [5, 5.41) is 10.1. The molecular weight excluding hydrogens is 262 g/mol. The highest BCUT2D eigenvalue weighted by molar-refractivity contribution is 5.81. The fourth-order valence-corrected chi connectivity index (χ4v) is 2.64. The number of aromatic nitrogens is 5. The van der Waals surface area contributed by atoms with Gasteiger partial charge >= 0.3 is 0 Å². The van der Waals surface area contributed by atoms with E-state index in [1.807, 2.05) is 15.6 Å². The third-order valence-electron chi connectivity index (χ3n) is 3.89. The topological polar surface area (TPSA) is 48.5 Å². The highest BCUT2D eigenvalue weighted by Crippen LogP contribution is 2.26. The first-order valence-corrected chi connectivity index (χ1v) is 7.51. The van der Waals surface area contributed by atoms with Crippen molar-refractivity contribution in [3.05, 3.63) is 29.7 Å². The van der Waals surface area contributed by atoms with Crippen molar-refractivity contribution in [3.8, 4) is 11.3 Å². The quantitative estimate of drug-likeness (QED) is 0.738. The van der Waals surface area contributed by atoms with Crippen molar-refractivity contribution in [2.75, 3.05) is 0 Å². The summed E-state index contributed by atoms with van der Waals surface area (Å²) in [5.74, 6) is 0. The maximum absolute atomic E-state index is 4.72. The maximum Gasteiger partial charge on any atom is 0.181 e. The average Bonchev–Trinajstić information content (AvgIpc) is 3.04. The van der Waals surface area contributed by atoms with Crippen LogP contribution in [0.4, 0.5) is 0 Å². The van der Waals surface area contributed by atoms with E-state index in [4.69, 9.17) is 4.98 Å². The molecule has 0 bridgehead atoms. The molecule has 0 N–H and O–H groups in total. The third kappa shape index (κ3) is 2.33. The van der Waals surface area contributed by atoms with Crippen molar-refractivity contribution in [3.63, 3.8) is 0 Å². The Bertz CT molecular complexity index is 781. The van der Waals surface area contributed by atoms with Gasteiger partial charge in [0.05, 0.1) is 11.9 Å². The van der Waals surface area contributed by atoms with Gasteiger partial charge in [-0.25, -0.2) is 4.98 Å². The summed E-state index contributed by atoms with van der Waals surface area (Å²) in [6.45, 7) is 10.3. The molecule has 0 aliphatic heterocycles. The summed E-state index contributed by atoms with van der Waals surface area (Å²) in [5.41, 5.74) is 5.24. The predicted octanol–water partition coefficient (Wildman–Crippen LogP) is 3.34. The first-order chi connectivity index (χ1) is 10.1. The first kappa shape index (κ1) is 13.8. The number of pyridine rings is 1. The number of fused-ring (bicyclic) bond motifs is 1. The molecule has 3 heterocycles. The fourth-order valence-electron chi connectivity index (χ4n) is 2.64. The molecule has 3 aromatic heterocycles. The van der Waals surface area contributed by atoms with Crippen molar-refractivity contribution < 1.29 is 0 Å². The Hall–Kier alpha value is -2.17. The second-order valence-corrected chi connectivity index (χ2v) is 5.41. The van der Waals surface area contributed by atoms with Crippen molar-refractivity contribution >= 4 is 11.0 Å². The Balaban J connectivity index is 2.12. The lowest BCUT2D eigenvalue weighted by molar-refractivity contribution is 0.587. The molecule has 21 heavy (non-hydrogen) atoms. The van der Waals surface area contributed by atoms with E-state index in [1.54, 1.807) is 0 Å². The number of hydrogen-bond acceptors (Lipinski definition) is 3. The van der Waals surface area contributed by atoms with Crippen LogP contribution >= 0.6 is 0 Å². The number of aryl methyl sites for hydroxylation is 3. The molecule has 0 amide bonds.